The molecule has 0 aromatic heterocycles. The van der Waals surface area contributed by atoms with Crippen LogP contribution < -0.4 is 10.2 Å². The predicted molar refractivity (Wildman–Crippen MR) is 95.7 cm³/mol. The number of hydrogen-bond acceptors (Lipinski definition) is 4. The van der Waals surface area contributed by atoms with E-state index in [0.717, 1.165) is 5.69 Å². The number of carbonyl (C=O) groups is 2. The average molecular weight is 347 g/mol. The van der Waals surface area contributed by atoms with Crippen molar-refractivity contribution in [3.05, 3.63) is 59.1 Å². The van der Waals surface area contributed by atoms with Crippen molar-refractivity contribution in [3.63, 3.8) is 0 Å². The number of ether oxygens (including phenoxy) is 1. The summed E-state index contributed by atoms with van der Waals surface area (Å²) in [5.41, 5.74) is 1.88. The summed E-state index contributed by atoms with van der Waals surface area (Å²) in [6, 6.07) is 13.9. The minimum Gasteiger partial charge on any atom is -0.449 e. The molecule has 0 bridgehead atoms. The number of nitrogens with one attached hydrogen (secondary N) is 1. The Morgan fingerprint density at radius 3 is 2.29 bits per heavy atom. The van der Waals surface area contributed by atoms with Gasteiger partial charge in [-0.3, -0.25) is 4.79 Å². The Morgan fingerprint density at radius 1 is 1.08 bits per heavy atom. The second kappa shape index (κ2) is 7.84. The third-order valence-corrected chi connectivity index (χ3v) is 3.73. The van der Waals surface area contributed by atoms with Crippen molar-refractivity contribution in [1.82, 2.24) is 0 Å². The minimum absolute atomic E-state index is 0.231. The molecule has 0 radical (unpaired) electrons. The molecule has 0 aliphatic rings. The van der Waals surface area contributed by atoms with Crippen LogP contribution in [0.4, 0.5) is 11.4 Å². The van der Waals surface area contributed by atoms with Crippen LogP contribution in [0.15, 0.2) is 48.5 Å². The van der Waals surface area contributed by atoms with Crippen LogP contribution in [-0.4, -0.2) is 32.1 Å². The van der Waals surface area contributed by atoms with E-state index >= 15 is 0 Å². The minimum atomic E-state index is -0.942. The van der Waals surface area contributed by atoms with Gasteiger partial charge in [0.1, 0.15) is 0 Å². The van der Waals surface area contributed by atoms with Gasteiger partial charge in [0.05, 0.1) is 10.6 Å². The van der Waals surface area contributed by atoms with E-state index in [1.165, 1.54) is 6.92 Å². The second-order valence-corrected chi connectivity index (χ2v) is 5.87. The van der Waals surface area contributed by atoms with Gasteiger partial charge in [-0.15, -0.1) is 0 Å². The van der Waals surface area contributed by atoms with E-state index < -0.39 is 18.0 Å². The molecule has 0 saturated carbocycles. The fourth-order valence-corrected chi connectivity index (χ4v) is 2.20. The summed E-state index contributed by atoms with van der Waals surface area (Å²) in [6.45, 7) is 1.51. The normalized spacial score (nSPS) is 11.5. The summed E-state index contributed by atoms with van der Waals surface area (Å²) in [5, 5.41) is 3.00. The van der Waals surface area contributed by atoms with Gasteiger partial charge in [-0.1, -0.05) is 23.7 Å². The van der Waals surface area contributed by atoms with Crippen LogP contribution in [0.1, 0.15) is 17.3 Å². The molecule has 0 spiro atoms. The number of amides is 1. The van der Waals surface area contributed by atoms with Crippen LogP contribution in [0.3, 0.4) is 0 Å². The van der Waals surface area contributed by atoms with Gasteiger partial charge < -0.3 is 15.0 Å². The molecule has 0 aliphatic carbocycles. The van der Waals surface area contributed by atoms with Crippen LogP contribution in [-0.2, 0) is 9.53 Å². The monoisotopic (exact) mass is 346 g/mol. The lowest BCUT2D eigenvalue weighted by molar-refractivity contribution is -0.123. The maximum atomic E-state index is 12.2. The van der Waals surface area contributed by atoms with Crippen LogP contribution >= 0.6 is 11.6 Å². The molecule has 0 unspecified atom stereocenters. The first kappa shape index (κ1) is 17.8. The van der Waals surface area contributed by atoms with E-state index in [1.54, 1.807) is 36.4 Å². The number of carbonyl (C=O) groups excluding carboxylic acids is 2. The molecule has 0 fully saturated rings. The Kier molecular flexibility index (Phi) is 5.82. The number of benzene rings is 2. The lowest BCUT2D eigenvalue weighted by Crippen LogP contribution is -2.30. The number of hydrogen-bond donors (Lipinski definition) is 1. The standard InChI is InChI=1S/C18H19ClN2O3/c1-12(24-18(23)15-6-4-5-7-16(15)19)17(22)20-13-8-10-14(11-9-13)21(2)3/h4-12H,1-3H3,(H,20,22)/t12-/m1/s1. The van der Waals surface area contributed by atoms with Crippen LogP contribution in [0.2, 0.25) is 5.02 Å². The molecule has 1 atom stereocenters. The summed E-state index contributed by atoms with van der Waals surface area (Å²) < 4.78 is 5.17. The van der Waals surface area contributed by atoms with Crippen LogP contribution in [0.5, 0.6) is 0 Å². The first-order valence-corrected chi connectivity index (χ1v) is 7.80. The van der Waals surface area contributed by atoms with Gasteiger partial charge in [0.25, 0.3) is 5.91 Å². The topological polar surface area (TPSA) is 58.6 Å². The molecule has 0 heterocycles. The summed E-state index contributed by atoms with van der Waals surface area (Å²) in [5.74, 6) is -1.04. The highest BCUT2D eigenvalue weighted by Gasteiger charge is 2.20. The molecule has 1 amide bonds. The van der Waals surface area contributed by atoms with Crippen LogP contribution in [0.25, 0.3) is 0 Å². The summed E-state index contributed by atoms with van der Waals surface area (Å²) in [6.07, 6.45) is -0.942. The van der Waals surface area contributed by atoms with Gasteiger partial charge in [-0.2, -0.15) is 0 Å². The maximum absolute atomic E-state index is 12.2. The fourth-order valence-electron chi connectivity index (χ4n) is 1.99. The third kappa shape index (κ3) is 4.49. The lowest BCUT2D eigenvalue weighted by atomic mass is 10.2. The van der Waals surface area contributed by atoms with Crippen molar-refractivity contribution in [2.75, 3.05) is 24.3 Å². The SMILES string of the molecule is C[C@@H](OC(=O)c1ccccc1Cl)C(=O)Nc1ccc(N(C)C)cc1. The number of esters is 1. The zero-order chi connectivity index (χ0) is 17.7. The Labute approximate surface area is 146 Å². The molecule has 24 heavy (non-hydrogen) atoms. The van der Waals surface area contributed by atoms with E-state index in [-0.39, 0.29) is 10.6 Å². The Balaban J connectivity index is 1.97. The van der Waals surface area contributed by atoms with Gasteiger partial charge >= 0.3 is 5.97 Å². The number of rotatable bonds is 5. The highest BCUT2D eigenvalue weighted by atomic mass is 35.5. The van der Waals surface area contributed by atoms with Gasteiger partial charge in [-0.05, 0) is 43.3 Å². The van der Waals surface area contributed by atoms with Gasteiger partial charge in [0, 0.05) is 25.5 Å². The molecule has 2 aromatic carbocycles. The summed E-state index contributed by atoms with van der Waals surface area (Å²) >= 11 is 5.95. The molecule has 2 aromatic rings. The molecule has 1 N–H and O–H groups in total. The number of nitrogens with zero attached hydrogens (tertiary/aromatic N) is 1. The van der Waals surface area contributed by atoms with Crippen molar-refractivity contribution < 1.29 is 14.3 Å². The van der Waals surface area contributed by atoms with Gasteiger partial charge in [-0.25, -0.2) is 4.79 Å². The molecule has 126 valence electrons. The van der Waals surface area contributed by atoms with Crippen molar-refractivity contribution in [2.24, 2.45) is 0 Å². The molecule has 2 rings (SSSR count). The zero-order valence-corrected chi connectivity index (χ0v) is 14.5. The van der Waals surface area contributed by atoms with E-state index in [2.05, 4.69) is 5.32 Å². The Bertz CT molecular complexity index is 729. The molecular formula is C18H19ClN2O3. The lowest BCUT2D eigenvalue weighted by Gasteiger charge is -2.15. The fraction of sp³-hybridized carbons (Fsp3) is 0.222. The maximum Gasteiger partial charge on any atom is 0.340 e. The Hall–Kier alpha value is -2.53. The van der Waals surface area contributed by atoms with E-state index in [4.69, 9.17) is 16.3 Å². The van der Waals surface area contributed by atoms with E-state index in [9.17, 15) is 9.59 Å². The predicted octanol–water partition coefficient (Wildman–Crippen LogP) is 3.59. The van der Waals surface area contributed by atoms with E-state index in [1.807, 2.05) is 31.1 Å². The van der Waals surface area contributed by atoms with Crippen molar-refractivity contribution in [3.8, 4) is 0 Å². The first-order valence-electron chi connectivity index (χ1n) is 7.42. The second-order valence-electron chi connectivity index (χ2n) is 5.46. The van der Waals surface area contributed by atoms with Crippen molar-refractivity contribution in [1.29, 1.82) is 0 Å². The molecule has 0 aliphatic heterocycles. The molecule has 5 nitrogen and oxygen atoms in total. The average Bonchev–Trinajstić information content (AvgIpc) is 2.55. The third-order valence-electron chi connectivity index (χ3n) is 3.40. The Morgan fingerprint density at radius 2 is 1.71 bits per heavy atom. The summed E-state index contributed by atoms with van der Waals surface area (Å²) in [4.78, 5) is 26.2. The molecule has 0 saturated heterocycles. The smallest absolute Gasteiger partial charge is 0.340 e. The highest BCUT2D eigenvalue weighted by molar-refractivity contribution is 6.33. The van der Waals surface area contributed by atoms with Crippen molar-refractivity contribution in [2.45, 2.75) is 13.0 Å². The molecular weight excluding hydrogens is 328 g/mol. The van der Waals surface area contributed by atoms with E-state index in [0.29, 0.717) is 5.69 Å². The van der Waals surface area contributed by atoms with Crippen molar-refractivity contribution >= 4 is 34.9 Å². The zero-order valence-electron chi connectivity index (χ0n) is 13.7. The van der Waals surface area contributed by atoms with Gasteiger partial charge in [0.15, 0.2) is 6.10 Å². The van der Waals surface area contributed by atoms with Crippen LogP contribution in [0, 0.1) is 0 Å². The first-order chi connectivity index (χ1) is 11.4. The number of halogens is 1. The summed E-state index contributed by atoms with van der Waals surface area (Å²) in [7, 11) is 3.87. The highest BCUT2D eigenvalue weighted by Crippen LogP contribution is 2.18. The molecule has 6 heteroatoms. The largest absolute Gasteiger partial charge is 0.449 e. The van der Waals surface area contributed by atoms with Gasteiger partial charge in [0.2, 0.25) is 0 Å². The quantitative estimate of drug-likeness (QED) is 0.840. The number of anilines is 2.